The molecule has 1 aromatic heterocycles. The summed E-state index contributed by atoms with van der Waals surface area (Å²) in [6.45, 7) is 1.23. The quantitative estimate of drug-likeness (QED) is 0.428. The smallest absolute Gasteiger partial charge is 0.336 e. The monoisotopic (exact) mass is 378 g/mol. The van der Waals surface area contributed by atoms with Crippen LogP contribution in [0.4, 0.5) is 4.39 Å². The number of hydrogen-bond donors (Lipinski definition) is 1. The van der Waals surface area contributed by atoms with Crippen molar-refractivity contribution in [1.82, 2.24) is 0 Å². The molecule has 0 aliphatic heterocycles. The Morgan fingerprint density at radius 3 is 2.64 bits per heavy atom. The maximum atomic E-state index is 14.0. The summed E-state index contributed by atoms with van der Waals surface area (Å²) >= 11 is 0. The molecule has 0 aliphatic rings. The van der Waals surface area contributed by atoms with Gasteiger partial charge in [0, 0.05) is 22.6 Å². The van der Waals surface area contributed by atoms with Crippen molar-refractivity contribution in [1.29, 1.82) is 0 Å². The molecule has 142 valence electrons. The van der Waals surface area contributed by atoms with Crippen LogP contribution in [0.5, 0.6) is 5.75 Å². The average molecular weight is 378 g/mol. The van der Waals surface area contributed by atoms with Gasteiger partial charge in [-0.2, -0.15) is 0 Å². The molecule has 0 spiro atoms. The first-order chi connectivity index (χ1) is 13.5. The van der Waals surface area contributed by atoms with E-state index in [0.717, 1.165) is 32.2 Å². The number of ether oxygens (including phenoxy) is 1. The predicted molar refractivity (Wildman–Crippen MR) is 107 cm³/mol. The summed E-state index contributed by atoms with van der Waals surface area (Å²) in [5.41, 5.74) is 2.02. The fraction of sp³-hybridized carbons (Fsp3) is 0.174. The van der Waals surface area contributed by atoms with Gasteiger partial charge in [0.1, 0.15) is 18.7 Å². The molecule has 5 heteroatoms. The van der Waals surface area contributed by atoms with Crippen LogP contribution >= 0.6 is 0 Å². The summed E-state index contributed by atoms with van der Waals surface area (Å²) in [5.74, 6) is -0.135. The molecule has 0 aliphatic carbocycles. The van der Waals surface area contributed by atoms with Crippen molar-refractivity contribution in [2.24, 2.45) is 0 Å². The molecule has 4 aromatic rings. The maximum absolute atomic E-state index is 14.0. The van der Waals surface area contributed by atoms with E-state index in [0.29, 0.717) is 18.7 Å². The highest BCUT2D eigenvalue weighted by molar-refractivity contribution is 6.06. The molecular formula is C23H21FNO3+. The predicted octanol–water partition coefficient (Wildman–Crippen LogP) is 3.31. The fourth-order valence-corrected chi connectivity index (χ4v) is 3.72. The summed E-state index contributed by atoms with van der Waals surface area (Å²) in [6, 6.07) is 18.4. The lowest BCUT2D eigenvalue weighted by molar-refractivity contribution is -0.907. The van der Waals surface area contributed by atoms with Crippen LogP contribution in [-0.4, -0.2) is 14.2 Å². The molecule has 0 fully saturated rings. The minimum Gasteiger partial charge on any atom is -0.494 e. The Hall–Kier alpha value is -3.18. The van der Waals surface area contributed by atoms with E-state index in [1.807, 2.05) is 49.5 Å². The van der Waals surface area contributed by atoms with Crippen LogP contribution in [0.2, 0.25) is 0 Å². The lowest BCUT2D eigenvalue weighted by Gasteiger charge is -2.16. The number of nitrogens with one attached hydrogen (secondary N) is 1. The third-order valence-electron chi connectivity index (χ3n) is 4.93. The lowest BCUT2D eigenvalue weighted by Crippen LogP contribution is -3.06. The van der Waals surface area contributed by atoms with Crippen molar-refractivity contribution in [2.45, 2.75) is 13.1 Å². The number of quaternary nitrogens is 1. The number of fused-ring (bicyclic) bond motifs is 3. The minimum atomic E-state index is -0.371. The maximum Gasteiger partial charge on any atom is 0.336 e. The molecule has 1 unspecified atom stereocenters. The van der Waals surface area contributed by atoms with E-state index in [9.17, 15) is 9.18 Å². The van der Waals surface area contributed by atoms with Gasteiger partial charge in [-0.05, 0) is 35.0 Å². The Morgan fingerprint density at radius 2 is 1.86 bits per heavy atom. The van der Waals surface area contributed by atoms with Gasteiger partial charge in [-0.3, -0.25) is 0 Å². The van der Waals surface area contributed by atoms with Crippen molar-refractivity contribution < 1.29 is 18.4 Å². The molecule has 0 amide bonds. The van der Waals surface area contributed by atoms with Gasteiger partial charge in [0.25, 0.3) is 0 Å². The van der Waals surface area contributed by atoms with Crippen molar-refractivity contribution >= 4 is 21.7 Å². The summed E-state index contributed by atoms with van der Waals surface area (Å²) in [4.78, 5) is 13.2. The van der Waals surface area contributed by atoms with Crippen LogP contribution in [0.3, 0.4) is 0 Å². The summed E-state index contributed by atoms with van der Waals surface area (Å²) in [5, 5.41) is 3.11. The Balaban J connectivity index is 1.70. The number of benzene rings is 3. The van der Waals surface area contributed by atoms with Gasteiger partial charge in [-0.1, -0.05) is 30.3 Å². The van der Waals surface area contributed by atoms with E-state index in [-0.39, 0.29) is 17.2 Å². The van der Waals surface area contributed by atoms with E-state index in [1.54, 1.807) is 12.1 Å². The van der Waals surface area contributed by atoms with Gasteiger partial charge in [0.2, 0.25) is 0 Å². The van der Waals surface area contributed by atoms with Gasteiger partial charge in [-0.25, -0.2) is 9.18 Å². The van der Waals surface area contributed by atoms with E-state index < -0.39 is 0 Å². The van der Waals surface area contributed by atoms with Crippen LogP contribution in [0, 0.1) is 5.82 Å². The number of halogens is 1. The number of hydrogen-bond acceptors (Lipinski definition) is 3. The van der Waals surface area contributed by atoms with E-state index in [1.165, 1.54) is 13.2 Å². The molecule has 28 heavy (non-hydrogen) atoms. The molecule has 1 atom stereocenters. The topological polar surface area (TPSA) is 43.9 Å². The van der Waals surface area contributed by atoms with Crippen molar-refractivity contribution in [3.05, 3.63) is 88.0 Å². The van der Waals surface area contributed by atoms with Gasteiger partial charge in [0.15, 0.2) is 11.6 Å². The van der Waals surface area contributed by atoms with E-state index >= 15 is 0 Å². The summed E-state index contributed by atoms with van der Waals surface area (Å²) in [6.07, 6.45) is 0. The molecule has 4 nitrogen and oxygen atoms in total. The standard InChI is InChI=1S/C23H20FNO3/c1-25(13-15-7-9-20(27-2)19(24)11-15)14-17-12-22(26)28-21-10-8-16-5-3-4-6-18(16)23(17)21/h3-12H,13-14H2,1-2H3/p+1. The largest absolute Gasteiger partial charge is 0.494 e. The second-order valence-electron chi connectivity index (χ2n) is 7.03. The molecule has 1 N–H and O–H groups in total. The molecule has 0 saturated heterocycles. The Labute approximate surface area is 161 Å². The van der Waals surface area contributed by atoms with Crippen molar-refractivity contribution in [2.75, 3.05) is 14.2 Å². The lowest BCUT2D eigenvalue weighted by atomic mass is 10.0. The van der Waals surface area contributed by atoms with Crippen LogP contribution < -0.4 is 15.3 Å². The molecule has 0 radical (unpaired) electrons. The Morgan fingerprint density at radius 1 is 1.04 bits per heavy atom. The second-order valence-corrected chi connectivity index (χ2v) is 7.03. The van der Waals surface area contributed by atoms with Gasteiger partial charge in [-0.15, -0.1) is 0 Å². The third kappa shape index (κ3) is 3.49. The third-order valence-corrected chi connectivity index (χ3v) is 4.93. The van der Waals surface area contributed by atoms with E-state index in [4.69, 9.17) is 9.15 Å². The first kappa shape index (κ1) is 18.2. The molecule has 3 aromatic carbocycles. The Bertz CT molecular complexity index is 1220. The van der Waals surface area contributed by atoms with Gasteiger partial charge in [0.05, 0.1) is 14.2 Å². The first-order valence-corrected chi connectivity index (χ1v) is 9.13. The molecule has 0 saturated carbocycles. The number of methoxy groups -OCH3 is 1. The van der Waals surface area contributed by atoms with Crippen molar-refractivity contribution in [3.63, 3.8) is 0 Å². The highest BCUT2D eigenvalue weighted by Gasteiger charge is 2.14. The van der Waals surface area contributed by atoms with E-state index in [2.05, 4.69) is 0 Å². The minimum absolute atomic E-state index is 0.236. The zero-order valence-corrected chi connectivity index (χ0v) is 15.8. The average Bonchev–Trinajstić information content (AvgIpc) is 2.67. The van der Waals surface area contributed by atoms with Crippen LogP contribution in [-0.2, 0) is 13.1 Å². The van der Waals surface area contributed by atoms with Crippen LogP contribution in [0.1, 0.15) is 11.1 Å². The Kier molecular flexibility index (Phi) is 4.84. The molecule has 0 bridgehead atoms. The number of rotatable bonds is 5. The normalized spacial score (nSPS) is 12.4. The zero-order chi connectivity index (χ0) is 19.7. The highest BCUT2D eigenvalue weighted by atomic mass is 19.1. The molecule has 1 heterocycles. The van der Waals surface area contributed by atoms with Gasteiger partial charge < -0.3 is 14.1 Å². The zero-order valence-electron chi connectivity index (χ0n) is 15.8. The summed E-state index contributed by atoms with van der Waals surface area (Å²) in [7, 11) is 3.47. The second kappa shape index (κ2) is 7.44. The molecule has 4 rings (SSSR count). The fourth-order valence-electron chi connectivity index (χ4n) is 3.72. The highest BCUT2D eigenvalue weighted by Crippen LogP contribution is 2.27. The molecular weight excluding hydrogens is 357 g/mol. The SMILES string of the molecule is COc1ccc(C[NH+](C)Cc2cc(=O)oc3ccc4ccccc4c23)cc1F. The van der Waals surface area contributed by atoms with Crippen LogP contribution in [0.25, 0.3) is 21.7 Å². The van der Waals surface area contributed by atoms with Crippen LogP contribution in [0.15, 0.2) is 69.9 Å². The summed E-state index contributed by atoms with van der Waals surface area (Å²) < 4.78 is 24.4. The van der Waals surface area contributed by atoms with Crippen molar-refractivity contribution in [3.8, 4) is 5.75 Å². The first-order valence-electron chi connectivity index (χ1n) is 9.13. The van der Waals surface area contributed by atoms with Gasteiger partial charge >= 0.3 is 5.63 Å².